The average Bonchev–Trinajstić information content (AvgIpc) is 3.36. The third-order valence-electron chi connectivity index (χ3n) is 6.30. The molecule has 0 radical (unpaired) electrons. The lowest BCUT2D eigenvalue weighted by Gasteiger charge is -2.29. The highest BCUT2D eigenvalue weighted by atomic mass is 35.5. The van der Waals surface area contributed by atoms with Gasteiger partial charge in [-0.15, -0.1) is 0 Å². The molecule has 2 fully saturated rings. The van der Waals surface area contributed by atoms with E-state index in [1.54, 1.807) is 12.4 Å². The number of hydrogen-bond acceptors (Lipinski definition) is 8. The van der Waals surface area contributed by atoms with Crippen LogP contribution in [0, 0.1) is 0 Å². The molecule has 9 nitrogen and oxygen atoms in total. The second-order valence-electron chi connectivity index (χ2n) is 8.57. The summed E-state index contributed by atoms with van der Waals surface area (Å²) in [6.07, 6.45) is 7.83. The zero-order valence-electron chi connectivity index (χ0n) is 19.2. The molecule has 2 aromatic heterocycles. The maximum atomic E-state index is 12.9. The highest BCUT2D eigenvalue weighted by Gasteiger charge is 2.31. The molecule has 2 aliphatic heterocycles. The fraction of sp³-hybridized carbons (Fsp3) is 0.458. The summed E-state index contributed by atoms with van der Waals surface area (Å²) in [6.45, 7) is 6.39. The number of amides is 1. The number of hydrogen-bond donors (Lipinski definition) is 1. The van der Waals surface area contributed by atoms with Crippen molar-refractivity contribution in [1.29, 1.82) is 0 Å². The fourth-order valence-electron chi connectivity index (χ4n) is 4.64. The molecule has 0 saturated carbocycles. The van der Waals surface area contributed by atoms with Gasteiger partial charge in [-0.25, -0.2) is 9.97 Å². The number of carbonyl (C=O) groups is 1. The van der Waals surface area contributed by atoms with Gasteiger partial charge in [-0.3, -0.25) is 14.8 Å². The van der Waals surface area contributed by atoms with Gasteiger partial charge in [-0.2, -0.15) is 0 Å². The maximum absolute atomic E-state index is 12.9. The summed E-state index contributed by atoms with van der Waals surface area (Å²) in [4.78, 5) is 35.8. The standard InChI is InChI=1S/C24H28ClN7O2/c1-2-5-27-24(33)16-11-17(19-4-3-6-32(19)22-14-26-13-20(25)29-22)23-18(12-16)28-15-21(30-23)31-7-9-34-10-8-31/h11-15,19H,2-10H2,1H3,(H,27,33). The predicted octanol–water partition coefficient (Wildman–Crippen LogP) is 3.39. The number of nitrogens with one attached hydrogen (secondary N) is 1. The minimum Gasteiger partial charge on any atom is -0.378 e. The molecule has 34 heavy (non-hydrogen) atoms. The molecule has 4 heterocycles. The predicted molar refractivity (Wildman–Crippen MR) is 132 cm³/mol. The molecule has 178 valence electrons. The van der Waals surface area contributed by atoms with Crippen LogP contribution in [0.4, 0.5) is 11.6 Å². The van der Waals surface area contributed by atoms with Crippen LogP contribution < -0.4 is 15.1 Å². The summed E-state index contributed by atoms with van der Waals surface area (Å²) >= 11 is 6.14. The Morgan fingerprint density at radius 1 is 1.15 bits per heavy atom. The van der Waals surface area contributed by atoms with Crippen LogP contribution in [0.1, 0.15) is 48.1 Å². The van der Waals surface area contributed by atoms with Crippen molar-refractivity contribution in [1.82, 2.24) is 25.3 Å². The topological polar surface area (TPSA) is 96.4 Å². The molecule has 2 saturated heterocycles. The van der Waals surface area contributed by atoms with E-state index in [0.29, 0.717) is 36.0 Å². The van der Waals surface area contributed by atoms with Gasteiger partial charge in [-0.05, 0) is 31.4 Å². The van der Waals surface area contributed by atoms with Crippen molar-refractivity contribution in [3.8, 4) is 0 Å². The molecule has 1 atom stereocenters. The molecular weight excluding hydrogens is 454 g/mol. The highest BCUT2D eigenvalue weighted by Crippen LogP contribution is 2.38. The summed E-state index contributed by atoms with van der Waals surface area (Å²) < 4.78 is 5.50. The van der Waals surface area contributed by atoms with Gasteiger partial charge in [0.15, 0.2) is 0 Å². The molecule has 5 rings (SSSR count). The normalized spacial score (nSPS) is 18.5. The summed E-state index contributed by atoms with van der Waals surface area (Å²) in [5.41, 5.74) is 3.08. The van der Waals surface area contributed by atoms with E-state index in [1.807, 2.05) is 19.1 Å². The second-order valence-corrected chi connectivity index (χ2v) is 8.96. The van der Waals surface area contributed by atoms with Crippen molar-refractivity contribution in [3.63, 3.8) is 0 Å². The van der Waals surface area contributed by atoms with Crippen LogP contribution in [0.15, 0.2) is 30.7 Å². The fourth-order valence-corrected chi connectivity index (χ4v) is 4.78. The van der Waals surface area contributed by atoms with Crippen LogP contribution in [0.3, 0.4) is 0 Å². The van der Waals surface area contributed by atoms with Crippen LogP contribution in [0.5, 0.6) is 0 Å². The zero-order valence-corrected chi connectivity index (χ0v) is 20.0. The first kappa shape index (κ1) is 22.7. The van der Waals surface area contributed by atoms with Crippen LogP contribution in [-0.4, -0.2) is 65.2 Å². The Morgan fingerprint density at radius 2 is 2.00 bits per heavy atom. The van der Waals surface area contributed by atoms with Gasteiger partial charge in [-0.1, -0.05) is 18.5 Å². The number of halogens is 1. The Morgan fingerprint density at radius 3 is 2.79 bits per heavy atom. The van der Waals surface area contributed by atoms with Gasteiger partial charge in [0.05, 0.1) is 48.9 Å². The molecular formula is C24H28ClN7O2. The summed E-state index contributed by atoms with van der Waals surface area (Å²) in [6, 6.07) is 3.79. The van der Waals surface area contributed by atoms with Crippen molar-refractivity contribution >= 4 is 40.2 Å². The van der Waals surface area contributed by atoms with E-state index in [9.17, 15) is 4.79 Å². The van der Waals surface area contributed by atoms with Crippen LogP contribution in [0.2, 0.25) is 5.15 Å². The Kier molecular flexibility index (Phi) is 6.73. The van der Waals surface area contributed by atoms with Gasteiger partial charge in [0.1, 0.15) is 16.8 Å². The number of fused-ring (bicyclic) bond motifs is 1. The summed E-state index contributed by atoms with van der Waals surface area (Å²) in [5.74, 6) is 1.45. The number of aromatic nitrogens is 4. The molecule has 1 unspecified atom stereocenters. The number of carbonyl (C=O) groups excluding carboxylic acids is 1. The highest BCUT2D eigenvalue weighted by molar-refractivity contribution is 6.29. The first-order valence-corrected chi connectivity index (χ1v) is 12.2. The molecule has 0 bridgehead atoms. The minimum absolute atomic E-state index is 0.0107. The van der Waals surface area contributed by atoms with Crippen molar-refractivity contribution in [2.24, 2.45) is 0 Å². The number of ether oxygens (including phenoxy) is 1. The van der Waals surface area contributed by atoms with E-state index >= 15 is 0 Å². The Labute approximate surface area is 203 Å². The van der Waals surface area contributed by atoms with E-state index in [2.05, 4.69) is 25.1 Å². The van der Waals surface area contributed by atoms with E-state index < -0.39 is 0 Å². The first-order chi connectivity index (χ1) is 16.6. The molecule has 2 aliphatic rings. The van der Waals surface area contributed by atoms with Crippen LogP contribution in [0.25, 0.3) is 11.0 Å². The van der Waals surface area contributed by atoms with Crippen molar-refractivity contribution in [2.45, 2.75) is 32.2 Å². The van der Waals surface area contributed by atoms with Crippen molar-refractivity contribution < 1.29 is 9.53 Å². The molecule has 0 spiro atoms. The Hall–Kier alpha value is -3.04. The van der Waals surface area contributed by atoms with Gasteiger partial charge in [0.25, 0.3) is 5.91 Å². The van der Waals surface area contributed by atoms with E-state index in [1.165, 1.54) is 6.20 Å². The van der Waals surface area contributed by atoms with Crippen molar-refractivity contribution in [2.75, 3.05) is 49.2 Å². The minimum atomic E-state index is -0.101. The Balaban J connectivity index is 1.60. The first-order valence-electron chi connectivity index (χ1n) is 11.8. The zero-order chi connectivity index (χ0) is 23.5. The van der Waals surface area contributed by atoms with Crippen LogP contribution in [-0.2, 0) is 4.74 Å². The van der Waals surface area contributed by atoms with E-state index in [-0.39, 0.29) is 11.9 Å². The molecule has 0 aliphatic carbocycles. The number of anilines is 2. The number of nitrogens with zero attached hydrogens (tertiary/aromatic N) is 6. The SMILES string of the molecule is CCCNC(=O)c1cc(C2CCCN2c2cncc(Cl)n2)c2nc(N3CCOCC3)cnc2c1. The maximum Gasteiger partial charge on any atom is 0.251 e. The molecule has 3 aromatic rings. The van der Waals surface area contributed by atoms with Gasteiger partial charge in [0.2, 0.25) is 0 Å². The molecule has 1 N–H and O–H groups in total. The quantitative estimate of drug-likeness (QED) is 0.572. The third-order valence-corrected chi connectivity index (χ3v) is 6.48. The van der Waals surface area contributed by atoms with Crippen LogP contribution >= 0.6 is 11.6 Å². The lowest BCUT2D eigenvalue weighted by molar-refractivity contribution is 0.0953. The summed E-state index contributed by atoms with van der Waals surface area (Å²) in [7, 11) is 0. The largest absolute Gasteiger partial charge is 0.378 e. The van der Waals surface area contributed by atoms with Gasteiger partial charge in [0, 0.05) is 37.3 Å². The lowest BCUT2D eigenvalue weighted by Crippen LogP contribution is -2.36. The second kappa shape index (κ2) is 10.1. The summed E-state index contributed by atoms with van der Waals surface area (Å²) in [5, 5.41) is 3.34. The smallest absolute Gasteiger partial charge is 0.251 e. The molecule has 1 amide bonds. The molecule has 10 heteroatoms. The van der Waals surface area contributed by atoms with Gasteiger partial charge < -0.3 is 19.9 Å². The van der Waals surface area contributed by atoms with Crippen molar-refractivity contribution in [3.05, 3.63) is 47.0 Å². The third kappa shape index (κ3) is 4.63. The van der Waals surface area contributed by atoms with E-state index in [4.69, 9.17) is 26.3 Å². The number of morpholine rings is 1. The van der Waals surface area contributed by atoms with E-state index in [0.717, 1.165) is 61.6 Å². The monoisotopic (exact) mass is 481 g/mol. The van der Waals surface area contributed by atoms with Gasteiger partial charge >= 0.3 is 0 Å². The Bertz CT molecular complexity index is 1190. The molecule has 1 aromatic carbocycles. The number of rotatable bonds is 6. The number of benzene rings is 1. The lowest BCUT2D eigenvalue weighted by atomic mass is 9.99. The average molecular weight is 482 g/mol.